The number of piperidine rings is 2. The highest BCUT2D eigenvalue weighted by Crippen LogP contribution is 2.25. The molecular formula is C24H36N4O2. The van der Waals surface area contributed by atoms with E-state index < -0.39 is 0 Å². The first kappa shape index (κ1) is 21.3. The average molecular weight is 413 g/mol. The molecule has 164 valence electrons. The van der Waals surface area contributed by atoms with Gasteiger partial charge in [0.05, 0.1) is 6.54 Å². The number of carbonyl (C=O) groups is 2. The largest absolute Gasteiger partial charge is 0.353 e. The Hall–Kier alpha value is -1.92. The Kier molecular flexibility index (Phi) is 7.39. The number of nitrogens with one attached hydrogen (secondary N) is 1. The number of piperazine rings is 1. The van der Waals surface area contributed by atoms with Gasteiger partial charge in [-0.3, -0.25) is 9.59 Å². The van der Waals surface area contributed by atoms with Crippen LogP contribution < -0.4 is 5.32 Å². The van der Waals surface area contributed by atoms with Gasteiger partial charge in [-0.05, 0) is 76.8 Å². The Morgan fingerprint density at radius 1 is 0.967 bits per heavy atom. The van der Waals surface area contributed by atoms with Crippen LogP contribution >= 0.6 is 0 Å². The van der Waals surface area contributed by atoms with Gasteiger partial charge in [-0.1, -0.05) is 30.3 Å². The molecule has 0 atom stereocenters. The van der Waals surface area contributed by atoms with Crippen molar-refractivity contribution in [1.29, 1.82) is 0 Å². The molecule has 6 heteroatoms. The predicted octanol–water partition coefficient (Wildman–Crippen LogP) is 1.75. The molecule has 3 fully saturated rings. The molecule has 2 amide bonds. The third-order valence-electron chi connectivity index (χ3n) is 7.08. The molecule has 0 saturated carbocycles. The molecule has 1 aromatic rings. The summed E-state index contributed by atoms with van der Waals surface area (Å²) in [6.07, 6.45) is 6.77. The van der Waals surface area contributed by atoms with Gasteiger partial charge < -0.3 is 20.0 Å². The smallest absolute Gasteiger partial charge is 0.239 e. The Bertz CT molecular complexity index is 694. The van der Waals surface area contributed by atoms with Crippen molar-refractivity contribution in [2.75, 3.05) is 52.4 Å². The van der Waals surface area contributed by atoms with Gasteiger partial charge in [0.2, 0.25) is 11.8 Å². The van der Waals surface area contributed by atoms with Crippen LogP contribution in [0.15, 0.2) is 30.3 Å². The van der Waals surface area contributed by atoms with Crippen molar-refractivity contribution >= 4 is 11.8 Å². The molecule has 6 nitrogen and oxygen atoms in total. The topological polar surface area (TPSA) is 55.9 Å². The summed E-state index contributed by atoms with van der Waals surface area (Å²) >= 11 is 0. The molecular weight excluding hydrogens is 376 g/mol. The molecule has 0 spiro atoms. The fourth-order valence-corrected chi connectivity index (χ4v) is 5.26. The molecule has 0 aliphatic carbocycles. The summed E-state index contributed by atoms with van der Waals surface area (Å²) in [5, 5.41) is 2.80. The van der Waals surface area contributed by atoms with Crippen LogP contribution in [0.25, 0.3) is 0 Å². The number of hydrogen-bond acceptors (Lipinski definition) is 4. The van der Waals surface area contributed by atoms with E-state index in [-0.39, 0.29) is 24.3 Å². The number of benzene rings is 1. The van der Waals surface area contributed by atoms with E-state index in [1.807, 2.05) is 0 Å². The van der Waals surface area contributed by atoms with E-state index in [4.69, 9.17) is 0 Å². The van der Waals surface area contributed by atoms with Crippen molar-refractivity contribution < 1.29 is 9.59 Å². The van der Waals surface area contributed by atoms with Crippen molar-refractivity contribution in [2.45, 2.75) is 44.6 Å². The fraction of sp³-hybridized carbons (Fsp3) is 0.667. The van der Waals surface area contributed by atoms with Gasteiger partial charge in [-0.2, -0.15) is 0 Å². The van der Waals surface area contributed by atoms with Gasteiger partial charge in [-0.15, -0.1) is 0 Å². The summed E-state index contributed by atoms with van der Waals surface area (Å²) in [4.78, 5) is 31.3. The average Bonchev–Trinajstić information content (AvgIpc) is 2.80. The molecule has 0 aromatic heterocycles. The lowest BCUT2D eigenvalue weighted by Crippen LogP contribution is -2.53. The number of hydrogen-bond donors (Lipinski definition) is 1. The van der Waals surface area contributed by atoms with Crippen molar-refractivity contribution in [2.24, 2.45) is 5.92 Å². The van der Waals surface area contributed by atoms with Crippen LogP contribution in [0.4, 0.5) is 0 Å². The molecule has 1 N–H and O–H groups in total. The number of likely N-dealkylation sites (tertiary alicyclic amines) is 2. The molecule has 3 aliphatic heterocycles. The van der Waals surface area contributed by atoms with E-state index in [9.17, 15) is 9.59 Å². The van der Waals surface area contributed by atoms with E-state index in [0.717, 1.165) is 25.9 Å². The molecule has 1 aromatic carbocycles. The van der Waals surface area contributed by atoms with Gasteiger partial charge in [0.25, 0.3) is 0 Å². The quantitative estimate of drug-likeness (QED) is 0.774. The maximum atomic E-state index is 12.7. The Labute approximate surface area is 180 Å². The summed E-state index contributed by atoms with van der Waals surface area (Å²) in [7, 11) is 0. The van der Waals surface area contributed by atoms with Crippen molar-refractivity contribution in [3.63, 3.8) is 0 Å². The van der Waals surface area contributed by atoms with Crippen LogP contribution in [-0.4, -0.2) is 84.9 Å². The van der Waals surface area contributed by atoms with Crippen molar-refractivity contribution in [3.8, 4) is 0 Å². The third-order valence-corrected chi connectivity index (χ3v) is 7.08. The summed E-state index contributed by atoms with van der Waals surface area (Å²) in [5.74, 6) is 0.269. The molecule has 30 heavy (non-hydrogen) atoms. The predicted molar refractivity (Wildman–Crippen MR) is 118 cm³/mol. The second-order valence-corrected chi connectivity index (χ2v) is 9.08. The van der Waals surface area contributed by atoms with Crippen molar-refractivity contribution in [1.82, 2.24) is 20.0 Å². The Morgan fingerprint density at radius 2 is 1.70 bits per heavy atom. The number of aryl methyl sites for hydroxylation is 1. The van der Waals surface area contributed by atoms with Crippen LogP contribution in [0.1, 0.15) is 37.7 Å². The minimum atomic E-state index is -0.0254. The highest BCUT2D eigenvalue weighted by Gasteiger charge is 2.33. The second-order valence-electron chi connectivity index (χ2n) is 9.08. The first-order chi connectivity index (χ1) is 14.7. The number of nitrogens with zero attached hydrogens (tertiary/aromatic N) is 3. The Balaban J connectivity index is 1.14. The lowest BCUT2D eigenvalue weighted by atomic mass is 9.92. The molecule has 4 rings (SSSR count). The SMILES string of the molecule is O=C1CN(C(=O)C2CCN(C3CCN(CCCc4ccccc4)CC3)CC2)CCN1. The molecule has 3 aliphatic rings. The lowest BCUT2D eigenvalue weighted by Gasteiger charge is -2.42. The summed E-state index contributed by atoms with van der Waals surface area (Å²) in [6.45, 7) is 7.12. The highest BCUT2D eigenvalue weighted by atomic mass is 16.2. The molecule has 3 heterocycles. The number of rotatable bonds is 6. The summed E-state index contributed by atoms with van der Waals surface area (Å²) in [5.41, 5.74) is 1.44. The van der Waals surface area contributed by atoms with Gasteiger partial charge in [0.15, 0.2) is 0 Å². The minimum absolute atomic E-state index is 0.0254. The zero-order chi connectivity index (χ0) is 20.8. The van der Waals surface area contributed by atoms with Gasteiger partial charge in [0, 0.05) is 25.0 Å². The second kappa shape index (κ2) is 10.4. The summed E-state index contributed by atoms with van der Waals surface area (Å²) < 4.78 is 0. The van der Waals surface area contributed by atoms with E-state index in [2.05, 4.69) is 45.4 Å². The molecule has 3 saturated heterocycles. The normalized spacial score (nSPS) is 22.8. The van der Waals surface area contributed by atoms with E-state index in [1.165, 1.54) is 50.9 Å². The monoisotopic (exact) mass is 412 g/mol. The third kappa shape index (κ3) is 5.61. The van der Waals surface area contributed by atoms with E-state index >= 15 is 0 Å². The number of carbonyl (C=O) groups excluding carboxylic acids is 2. The van der Waals surface area contributed by atoms with E-state index in [0.29, 0.717) is 19.1 Å². The Morgan fingerprint density at radius 3 is 2.40 bits per heavy atom. The van der Waals surface area contributed by atoms with Crippen LogP contribution in [-0.2, 0) is 16.0 Å². The van der Waals surface area contributed by atoms with Crippen LogP contribution in [0.2, 0.25) is 0 Å². The maximum absolute atomic E-state index is 12.7. The van der Waals surface area contributed by atoms with Crippen molar-refractivity contribution in [3.05, 3.63) is 35.9 Å². The zero-order valence-electron chi connectivity index (χ0n) is 18.1. The maximum Gasteiger partial charge on any atom is 0.239 e. The van der Waals surface area contributed by atoms with E-state index in [1.54, 1.807) is 4.90 Å². The van der Waals surface area contributed by atoms with Crippen LogP contribution in [0.5, 0.6) is 0 Å². The zero-order valence-corrected chi connectivity index (χ0v) is 18.1. The fourth-order valence-electron chi connectivity index (χ4n) is 5.26. The highest BCUT2D eigenvalue weighted by molar-refractivity contribution is 5.87. The molecule has 0 bridgehead atoms. The number of amides is 2. The van der Waals surface area contributed by atoms with Gasteiger partial charge >= 0.3 is 0 Å². The standard InChI is InChI=1S/C24H36N4O2/c29-23-19-28(18-12-25-23)24(30)21-8-16-27(17-9-21)22-10-14-26(15-11-22)13-4-7-20-5-2-1-3-6-20/h1-3,5-6,21-22H,4,7-19H2,(H,25,29). The molecule has 0 radical (unpaired) electrons. The van der Waals surface area contributed by atoms with Gasteiger partial charge in [0.1, 0.15) is 0 Å². The minimum Gasteiger partial charge on any atom is -0.353 e. The summed E-state index contributed by atoms with van der Waals surface area (Å²) in [6, 6.07) is 11.5. The molecule has 0 unspecified atom stereocenters. The van der Waals surface area contributed by atoms with Gasteiger partial charge in [-0.25, -0.2) is 0 Å². The van der Waals surface area contributed by atoms with Crippen LogP contribution in [0.3, 0.4) is 0 Å². The first-order valence-electron chi connectivity index (χ1n) is 11.7. The first-order valence-corrected chi connectivity index (χ1v) is 11.7. The van der Waals surface area contributed by atoms with Crippen LogP contribution in [0, 0.1) is 5.92 Å². The lowest BCUT2D eigenvalue weighted by molar-refractivity contribution is -0.142.